The van der Waals surface area contributed by atoms with Gasteiger partial charge in [0.15, 0.2) is 0 Å². The number of benzene rings is 2. The fourth-order valence-electron chi connectivity index (χ4n) is 6.62. The van der Waals surface area contributed by atoms with Crippen LogP contribution in [0.25, 0.3) is 11.1 Å². The number of aliphatic hydroxyl groups excluding tert-OH is 1. The van der Waals surface area contributed by atoms with E-state index in [9.17, 15) is 19.8 Å². The molecule has 1 aliphatic heterocycles. The van der Waals surface area contributed by atoms with Gasteiger partial charge in [0, 0.05) is 24.9 Å². The first-order chi connectivity index (χ1) is 17.6. The summed E-state index contributed by atoms with van der Waals surface area (Å²) in [7, 11) is 2.01. The Bertz CT molecular complexity index is 1170. The summed E-state index contributed by atoms with van der Waals surface area (Å²) in [5.41, 5.74) is 3.39. The summed E-state index contributed by atoms with van der Waals surface area (Å²) in [5.74, 6) is 0.235. The van der Waals surface area contributed by atoms with Crippen LogP contribution in [0.1, 0.15) is 80.6 Å². The third-order valence-corrected chi connectivity index (χ3v) is 8.72. The highest BCUT2D eigenvalue weighted by Crippen LogP contribution is 2.44. The molecule has 37 heavy (non-hydrogen) atoms. The summed E-state index contributed by atoms with van der Waals surface area (Å²) < 4.78 is 6.47. The molecular weight excluding hydrogens is 466 g/mol. The number of rotatable bonds is 8. The van der Waals surface area contributed by atoms with Crippen LogP contribution in [0.5, 0.6) is 5.75 Å². The smallest absolute Gasteiger partial charge is 0.335 e. The topological polar surface area (TPSA) is 87.1 Å². The molecule has 2 aliphatic carbocycles. The van der Waals surface area contributed by atoms with E-state index >= 15 is 0 Å². The van der Waals surface area contributed by atoms with Crippen LogP contribution in [0, 0.1) is 11.3 Å². The molecule has 4 atom stereocenters. The van der Waals surface area contributed by atoms with Crippen molar-refractivity contribution in [1.82, 2.24) is 4.90 Å². The number of likely N-dealkylation sites (tertiary alicyclic amines) is 1. The van der Waals surface area contributed by atoms with Crippen molar-refractivity contribution in [3.63, 3.8) is 0 Å². The molecule has 5 rings (SSSR count). The zero-order valence-electron chi connectivity index (χ0n) is 22.2. The van der Waals surface area contributed by atoms with E-state index in [1.165, 1.54) is 12.0 Å². The van der Waals surface area contributed by atoms with Crippen LogP contribution < -0.4 is 4.74 Å². The van der Waals surface area contributed by atoms with Gasteiger partial charge in [0.2, 0.25) is 0 Å². The van der Waals surface area contributed by atoms with Crippen LogP contribution in [-0.4, -0.2) is 58.7 Å². The number of carbonyl (C=O) groups is 2. The number of carbonyl (C=O) groups excluding carboxylic acids is 1. The number of aromatic carboxylic acids is 1. The monoisotopic (exact) mass is 505 g/mol. The van der Waals surface area contributed by atoms with Crippen LogP contribution in [0.15, 0.2) is 42.5 Å². The second-order valence-electron chi connectivity index (χ2n) is 12.2. The SMILES string of the molecule is CN1CC(C)(C)C[C@H]1C(=O)CC1C[C@H](Oc2ccc(C(=O)O)cc2-c2ccccc2C2CCC2)C[C@H]1O. The zero-order valence-corrected chi connectivity index (χ0v) is 22.2. The van der Waals surface area contributed by atoms with Crippen LogP contribution >= 0.6 is 0 Å². The summed E-state index contributed by atoms with van der Waals surface area (Å²) in [6.07, 6.45) is 4.98. The fraction of sp³-hybridized carbons (Fsp3) is 0.548. The molecule has 3 fully saturated rings. The Hall–Kier alpha value is -2.70. The molecule has 0 aromatic heterocycles. The van der Waals surface area contributed by atoms with Crippen LogP contribution in [-0.2, 0) is 4.79 Å². The average Bonchev–Trinajstić information content (AvgIpc) is 3.29. The van der Waals surface area contributed by atoms with Gasteiger partial charge in [0.05, 0.1) is 17.7 Å². The number of ether oxygens (including phenoxy) is 1. The molecule has 2 N–H and O–H groups in total. The predicted octanol–water partition coefficient (Wildman–Crippen LogP) is 5.53. The van der Waals surface area contributed by atoms with E-state index < -0.39 is 12.1 Å². The van der Waals surface area contributed by atoms with Gasteiger partial charge in [-0.15, -0.1) is 0 Å². The predicted molar refractivity (Wildman–Crippen MR) is 143 cm³/mol. The Morgan fingerprint density at radius 2 is 1.84 bits per heavy atom. The van der Waals surface area contributed by atoms with Gasteiger partial charge in [-0.3, -0.25) is 9.69 Å². The highest BCUT2D eigenvalue weighted by Gasteiger charge is 2.42. The van der Waals surface area contributed by atoms with E-state index in [1.807, 2.05) is 25.2 Å². The molecule has 2 aromatic rings. The van der Waals surface area contributed by atoms with Gasteiger partial charge in [-0.1, -0.05) is 44.5 Å². The van der Waals surface area contributed by atoms with E-state index in [0.717, 1.165) is 36.9 Å². The molecule has 2 aromatic carbocycles. The standard InChI is InChI=1S/C31H39NO5/c1-31(2)17-26(32(3)18-31)28(34)15-21-13-22(16-27(21)33)37-29-12-11-20(30(35)36)14-25(29)24-10-5-4-9-23(24)19-7-6-8-19/h4-5,9-12,14,19,21-22,26-27,33H,6-8,13,15-18H2,1-3H3,(H,35,36)/t21?,22-,26-,27+/m0/s1. The third kappa shape index (κ3) is 5.46. The number of hydrogen-bond donors (Lipinski definition) is 2. The Kier molecular flexibility index (Phi) is 7.16. The Balaban J connectivity index is 1.34. The maximum Gasteiger partial charge on any atom is 0.335 e. The van der Waals surface area contributed by atoms with Crippen molar-refractivity contribution in [3.8, 4) is 16.9 Å². The molecule has 0 radical (unpaired) electrons. The molecular formula is C31H39NO5. The third-order valence-electron chi connectivity index (χ3n) is 8.72. The zero-order chi connectivity index (χ0) is 26.3. The van der Waals surface area contributed by atoms with Gasteiger partial charge in [-0.2, -0.15) is 0 Å². The Morgan fingerprint density at radius 1 is 1.08 bits per heavy atom. The van der Waals surface area contributed by atoms with Gasteiger partial charge in [-0.05, 0) is 79.3 Å². The Labute approximate surface area is 219 Å². The number of carboxylic acids is 1. The molecule has 0 bridgehead atoms. The van der Waals surface area contributed by atoms with Crippen molar-refractivity contribution in [2.75, 3.05) is 13.6 Å². The van der Waals surface area contributed by atoms with Gasteiger partial charge in [-0.25, -0.2) is 4.79 Å². The highest BCUT2D eigenvalue weighted by molar-refractivity contribution is 5.91. The first-order valence-corrected chi connectivity index (χ1v) is 13.7. The fourth-order valence-corrected chi connectivity index (χ4v) is 6.62. The lowest BCUT2D eigenvalue weighted by molar-refractivity contribution is -0.124. The molecule has 6 heteroatoms. The number of hydrogen-bond acceptors (Lipinski definition) is 5. The minimum atomic E-state index is -0.969. The number of aliphatic hydroxyl groups is 1. The normalized spacial score (nSPS) is 27.7. The first kappa shape index (κ1) is 25.9. The van der Waals surface area contributed by atoms with Gasteiger partial charge >= 0.3 is 5.97 Å². The van der Waals surface area contributed by atoms with Crippen LogP contribution in [0.2, 0.25) is 0 Å². The van der Waals surface area contributed by atoms with Crippen molar-refractivity contribution in [3.05, 3.63) is 53.6 Å². The lowest BCUT2D eigenvalue weighted by atomic mass is 9.77. The second-order valence-corrected chi connectivity index (χ2v) is 12.2. The quantitative estimate of drug-likeness (QED) is 0.491. The molecule has 0 amide bonds. The van der Waals surface area contributed by atoms with Crippen molar-refractivity contribution in [1.29, 1.82) is 0 Å². The largest absolute Gasteiger partial charge is 0.490 e. The van der Waals surface area contributed by atoms with Crippen molar-refractivity contribution >= 4 is 11.8 Å². The summed E-state index contributed by atoms with van der Waals surface area (Å²) in [4.78, 5) is 27.1. The molecule has 1 saturated heterocycles. The van der Waals surface area contributed by atoms with Crippen molar-refractivity contribution in [2.45, 2.75) is 83.0 Å². The molecule has 1 heterocycles. The minimum Gasteiger partial charge on any atom is -0.490 e. The van der Waals surface area contributed by atoms with E-state index in [4.69, 9.17) is 4.74 Å². The number of likely N-dealkylation sites (N-methyl/N-ethyl adjacent to an activating group) is 1. The molecule has 0 spiro atoms. The van der Waals surface area contributed by atoms with Gasteiger partial charge in [0.25, 0.3) is 0 Å². The van der Waals surface area contributed by atoms with E-state index in [2.05, 4.69) is 24.8 Å². The van der Waals surface area contributed by atoms with Crippen molar-refractivity contribution < 1.29 is 24.5 Å². The molecule has 3 aliphatic rings. The van der Waals surface area contributed by atoms with E-state index in [-0.39, 0.29) is 34.8 Å². The van der Waals surface area contributed by atoms with E-state index in [1.54, 1.807) is 18.2 Å². The van der Waals surface area contributed by atoms with E-state index in [0.29, 0.717) is 30.9 Å². The Morgan fingerprint density at radius 3 is 2.49 bits per heavy atom. The number of carboxylic acid groups (broad SMARTS) is 1. The van der Waals surface area contributed by atoms with Gasteiger partial charge in [0.1, 0.15) is 17.6 Å². The highest BCUT2D eigenvalue weighted by atomic mass is 16.5. The van der Waals surface area contributed by atoms with Gasteiger partial charge < -0.3 is 14.9 Å². The summed E-state index contributed by atoms with van der Waals surface area (Å²) >= 11 is 0. The molecule has 198 valence electrons. The number of Topliss-reactive ketones (excluding diaryl/α,β-unsaturated/α-hetero) is 1. The lowest BCUT2D eigenvalue weighted by Crippen LogP contribution is -2.34. The summed E-state index contributed by atoms with van der Waals surface area (Å²) in [6, 6.07) is 13.2. The maximum atomic E-state index is 13.1. The summed E-state index contributed by atoms with van der Waals surface area (Å²) in [5, 5.41) is 20.5. The first-order valence-electron chi connectivity index (χ1n) is 13.7. The lowest BCUT2D eigenvalue weighted by Gasteiger charge is -2.28. The molecule has 6 nitrogen and oxygen atoms in total. The second kappa shape index (κ2) is 10.2. The number of nitrogens with zero attached hydrogens (tertiary/aromatic N) is 1. The van der Waals surface area contributed by atoms with Crippen molar-refractivity contribution in [2.24, 2.45) is 11.3 Å². The number of ketones is 1. The average molecular weight is 506 g/mol. The summed E-state index contributed by atoms with van der Waals surface area (Å²) in [6.45, 7) is 5.29. The molecule has 1 unspecified atom stereocenters. The molecule has 2 saturated carbocycles. The minimum absolute atomic E-state index is 0.0830. The van der Waals surface area contributed by atoms with Crippen LogP contribution in [0.4, 0.5) is 0 Å². The maximum absolute atomic E-state index is 13.1. The van der Waals surface area contributed by atoms with Crippen LogP contribution in [0.3, 0.4) is 0 Å².